The number of nitrogens with zero attached hydrogens (tertiary/aromatic N) is 1. The molecule has 122 valence electrons. The minimum atomic E-state index is -0.454. The molecule has 3 aromatic rings. The number of anilines is 1. The molecule has 24 heavy (non-hydrogen) atoms. The lowest BCUT2D eigenvalue weighted by Gasteiger charge is -2.08. The summed E-state index contributed by atoms with van der Waals surface area (Å²) in [7, 11) is 0. The van der Waals surface area contributed by atoms with Gasteiger partial charge < -0.3 is 5.32 Å². The molecular formula is C19H17FN2O2. The zero-order valence-electron chi connectivity index (χ0n) is 13.7. The van der Waals surface area contributed by atoms with Gasteiger partial charge in [-0.1, -0.05) is 17.7 Å². The van der Waals surface area contributed by atoms with Crippen LogP contribution in [0.5, 0.6) is 0 Å². The fourth-order valence-electron chi connectivity index (χ4n) is 2.79. The van der Waals surface area contributed by atoms with Crippen molar-refractivity contribution >= 4 is 28.4 Å². The molecule has 3 rings (SSSR count). The molecule has 2 aromatic carbocycles. The van der Waals surface area contributed by atoms with E-state index in [2.05, 4.69) is 5.32 Å². The lowest BCUT2D eigenvalue weighted by molar-refractivity contribution is 0.0941. The van der Waals surface area contributed by atoms with Gasteiger partial charge in [-0.05, 0) is 43.7 Å². The van der Waals surface area contributed by atoms with Crippen LogP contribution < -0.4 is 5.32 Å². The van der Waals surface area contributed by atoms with Gasteiger partial charge in [0.1, 0.15) is 5.82 Å². The molecule has 0 fully saturated rings. The van der Waals surface area contributed by atoms with Crippen LogP contribution in [-0.4, -0.2) is 16.4 Å². The molecule has 0 bridgehead atoms. The van der Waals surface area contributed by atoms with E-state index in [9.17, 15) is 14.0 Å². The molecule has 0 spiro atoms. The van der Waals surface area contributed by atoms with E-state index in [0.717, 1.165) is 11.1 Å². The maximum Gasteiger partial charge on any atom is 0.257 e. The highest BCUT2D eigenvalue weighted by Gasteiger charge is 2.18. The molecule has 0 saturated heterocycles. The molecule has 0 aliphatic carbocycles. The number of carbonyl (C=O) groups is 2. The third-order valence-electron chi connectivity index (χ3n) is 3.98. The third kappa shape index (κ3) is 2.80. The smallest absolute Gasteiger partial charge is 0.257 e. The number of carbonyl (C=O) groups excluding carboxylic acids is 2. The molecule has 0 aliphatic heterocycles. The number of hydrogen-bond donors (Lipinski definition) is 1. The van der Waals surface area contributed by atoms with Crippen LogP contribution in [0.25, 0.3) is 10.9 Å². The van der Waals surface area contributed by atoms with Crippen molar-refractivity contribution < 1.29 is 14.0 Å². The summed E-state index contributed by atoms with van der Waals surface area (Å²) in [6.07, 6.45) is 1.45. The van der Waals surface area contributed by atoms with Crippen molar-refractivity contribution in [2.45, 2.75) is 20.8 Å². The molecule has 0 unspecified atom stereocenters. The quantitative estimate of drug-likeness (QED) is 0.763. The average molecular weight is 324 g/mol. The number of halogens is 1. The number of aromatic nitrogens is 1. The van der Waals surface area contributed by atoms with Crippen LogP contribution in [0.3, 0.4) is 0 Å². The van der Waals surface area contributed by atoms with Crippen LogP contribution in [0.2, 0.25) is 0 Å². The predicted octanol–water partition coefficient (Wildman–Crippen LogP) is 4.31. The fourth-order valence-corrected chi connectivity index (χ4v) is 2.79. The Morgan fingerprint density at radius 3 is 2.50 bits per heavy atom. The van der Waals surface area contributed by atoms with Crippen LogP contribution in [0, 0.1) is 19.7 Å². The number of amides is 1. The predicted molar refractivity (Wildman–Crippen MR) is 92.1 cm³/mol. The monoisotopic (exact) mass is 324 g/mol. The lowest BCUT2D eigenvalue weighted by atomic mass is 10.1. The van der Waals surface area contributed by atoms with E-state index >= 15 is 0 Å². The highest BCUT2D eigenvalue weighted by molar-refractivity contribution is 6.14. The Bertz CT molecular complexity index is 973. The van der Waals surface area contributed by atoms with Crippen molar-refractivity contribution in [1.29, 1.82) is 0 Å². The van der Waals surface area contributed by atoms with Gasteiger partial charge in [-0.3, -0.25) is 14.2 Å². The number of benzene rings is 2. The Balaban J connectivity index is 2.05. The maximum atomic E-state index is 13.5. The number of aryl methyl sites for hydroxylation is 2. The van der Waals surface area contributed by atoms with E-state index in [1.165, 1.54) is 35.9 Å². The molecule has 5 heteroatoms. The number of fused-ring (bicyclic) bond motifs is 1. The van der Waals surface area contributed by atoms with Gasteiger partial charge in [-0.2, -0.15) is 0 Å². The summed E-state index contributed by atoms with van der Waals surface area (Å²) >= 11 is 0. The molecule has 4 nitrogen and oxygen atoms in total. The van der Waals surface area contributed by atoms with E-state index in [1.807, 2.05) is 32.0 Å². The van der Waals surface area contributed by atoms with Crippen molar-refractivity contribution in [3.8, 4) is 0 Å². The molecular weight excluding hydrogens is 307 g/mol. The summed E-state index contributed by atoms with van der Waals surface area (Å²) in [5, 5.41) is 3.39. The Labute approximate surface area is 138 Å². The van der Waals surface area contributed by atoms with E-state index < -0.39 is 5.82 Å². The van der Waals surface area contributed by atoms with E-state index in [4.69, 9.17) is 0 Å². The van der Waals surface area contributed by atoms with Crippen molar-refractivity contribution in [3.05, 3.63) is 65.1 Å². The first-order chi connectivity index (χ1) is 11.4. The van der Waals surface area contributed by atoms with E-state index in [-0.39, 0.29) is 11.8 Å². The van der Waals surface area contributed by atoms with Crippen LogP contribution >= 0.6 is 0 Å². The number of rotatable bonds is 2. The number of nitrogens with one attached hydrogen (secondary N) is 1. The first-order valence-electron chi connectivity index (χ1n) is 7.57. The van der Waals surface area contributed by atoms with Crippen LogP contribution in [0.1, 0.15) is 33.2 Å². The topological polar surface area (TPSA) is 51.1 Å². The Hall–Kier alpha value is -2.95. The standard InChI is InChI=1S/C19H17FN2O2/c1-11-4-7-17(12(2)8-11)21-19(24)16-10-22(13(3)23)18-9-14(20)5-6-15(16)18/h4-10H,1-3H3,(H,21,24). The second-order valence-electron chi connectivity index (χ2n) is 5.87. The Morgan fingerprint density at radius 2 is 1.83 bits per heavy atom. The summed E-state index contributed by atoms with van der Waals surface area (Å²) < 4.78 is 14.8. The first-order valence-corrected chi connectivity index (χ1v) is 7.57. The van der Waals surface area contributed by atoms with Gasteiger partial charge in [-0.15, -0.1) is 0 Å². The largest absolute Gasteiger partial charge is 0.322 e. The lowest BCUT2D eigenvalue weighted by Crippen LogP contribution is -2.12. The highest BCUT2D eigenvalue weighted by Crippen LogP contribution is 2.24. The minimum Gasteiger partial charge on any atom is -0.322 e. The summed E-state index contributed by atoms with van der Waals surface area (Å²) in [6, 6.07) is 9.78. The maximum absolute atomic E-state index is 13.5. The Kier molecular flexibility index (Phi) is 3.93. The van der Waals surface area contributed by atoms with E-state index in [1.54, 1.807) is 0 Å². The molecule has 0 aliphatic rings. The second kappa shape index (κ2) is 5.92. The van der Waals surface area contributed by atoms with Crippen LogP contribution in [0.4, 0.5) is 10.1 Å². The SMILES string of the molecule is CC(=O)n1cc(C(=O)Nc2ccc(C)cc2C)c2ccc(F)cc21. The fraction of sp³-hybridized carbons (Fsp3) is 0.158. The molecule has 1 heterocycles. The van der Waals surface area contributed by atoms with Crippen LogP contribution in [-0.2, 0) is 0 Å². The minimum absolute atomic E-state index is 0.281. The van der Waals surface area contributed by atoms with Crippen molar-refractivity contribution in [2.24, 2.45) is 0 Å². The van der Waals surface area contributed by atoms with Crippen molar-refractivity contribution in [2.75, 3.05) is 5.32 Å². The molecule has 0 atom stereocenters. The molecule has 0 radical (unpaired) electrons. The summed E-state index contributed by atoms with van der Waals surface area (Å²) in [4.78, 5) is 24.4. The third-order valence-corrected chi connectivity index (χ3v) is 3.98. The van der Waals surface area contributed by atoms with Gasteiger partial charge >= 0.3 is 0 Å². The molecule has 1 aromatic heterocycles. The second-order valence-corrected chi connectivity index (χ2v) is 5.87. The summed E-state index contributed by atoms with van der Waals surface area (Å²) in [5.74, 6) is -1.07. The van der Waals surface area contributed by atoms with Crippen molar-refractivity contribution in [3.63, 3.8) is 0 Å². The molecule has 1 N–H and O–H groups in total. The molecule has 1 amide bonds. The summed E-state index contributed by atoms with van der Waals surface area (Å²) in [6.45, 7) is 5.26. The number of hydrogen-bond acceptors (Lipinski definition) is 2. The normalized spacial score (nSPS) is 10.8. The zero-order valence-corrected chi connectivity index (χ0v) is 13.7. The zero-order chi connectivity index (χ0) is 17.4. The highest BCUT2D eigenvalue weighted by atomic mass is 19.1. The van der Waals surface area contributed by atoms with Gasteiger partial charge in [0.05, 0.1) is 11.1 Å². The summed E-state index contributed by atoms with van der Waals surface area (Å²) in [5.41, 5.74) is 3.48. The van der Waals surface area contributed by atoms with Gasteiger partial charge in [0.15, 0.2) is 0 Å². The van der Waals surface area contributed by atoms with Gasteiger partial charge in [0, 0.05) is 24.2 Å². The molecule has 0 saturated carbocycles. The first kappa shape index (κ1) is 15.9. The van der Waals surface area contributed by atoms with Crippen molar-refractivity contribution in [1.82, 2.24) is 4.57 Å². The van der Waals surface area contributed by atoms with Crippen LogP contribution in [0.15, 0.2) is 42.6 Å². The average Bonchev–Trinajstić information content (AvgIpc) is 2.89. The van der Waals surface area contributed by atoms with Gasteiger partial charge in [-0.25, -0.2) is 4.39 Å². The van der Waals surface area contributed by atoms with E-state index in [0.29, 0.717) is 22.2 Å². The van der Waals surface area contributed by atoms with Gasteiger partial charge in [0.25, 0.3) is 5.91 Å². The Morgan fingerprint density at radius 1 is 1.08 bits per heavy atom. The van der Waals surface area contributed by atoms with Gasteiger partial charge in [0.2, 0.25) is 5.91 Å².